The first-order valence-electron chi connectivity index (χ1n) is 9.09. The first-order valence-corrected chi connectivity index (χ1v) is 9.09. The zero-order valence-electron chi connectivity index (χ0n) is 14.4. The van der Waals surface area contributed by atoms with Gasteiger partial charge in [-0.05, 0) is 43.0 Å². The molecule has 0 aliphatic rings. The number of hydrogen-bond donors (Lipinski definition) is 1. The maximum absolute atomic E-state index is 10.5. The van der Waals surface area contributed by atoms with Gasteiger partial charge in [-0.25, -0.2) is 0 Å². The minimum absolute atomic E-state index is 0.296. The van der Waals surface area contributed by atoms with Gasteiger partial charge in [0.1, 0.15) is 0 Å². The molecule has 0 aliphatic carbocycles. The highest BCUT2D eigenvalue weighted by molar-refractivity contribution is 6.04. The van der Waals surface area contributed by atoms with Crippen molar-refractivity contribution in [1.29, 1.82) is 0 Å². The molecule has 0 spiro atoms. The van der Waals surface area contributed by atoms with Crippen molar-refractivity contribution in [3.63, 3.8) is 0 Å². The smallest absolute Gasteiger partial charge is 0.303 e. The normalized spacial score (nSPS) is 11.2. The third-order valence-electron chi connectivity index (χ3n) is 4.63. The molecule has 3 rings (SSSR count). The summed E-state index contributed by atoms with van der Waals surface area (Å²) >= 11 is 0. The number of unbranched alkanes of at least 4 members (excludes halogenated alkanes) is 5. The van der Waals surface area contributed by atoms with E-state index in [2.05, 4.69) is 28.2 Å². The average Bonchev–Trinajstić information content (AvgIpc) is 2.63. The van der Waals surface area contributed by atoms with E-state index in [9.17, 15) is 4.79 Å². The highest BCUT2D eigenvalue weighted by Gasteiger charge is 2.08. The van der Waals surface area contributed by atoms with Crippen molar-refractivity contribution < 1.29 is 9.90 Å². The molecule has 0 saturated carbocycles. The van der Waals surface area contributed by atoms with Crippen LogP contribution < -0.4 is 0 Å². The number of carboxylic acids is 1. The van der Waals surface area contributed by atoms with Gasteiger partial charge in [-0.15, -0.1) is 0 Å². The molecule has 4 nitrogen and oxygen atoms in total. The number of carboxylic acid groups (broad SMARTS) is 1. The van der Waals surface area contributed by atoms with Gasteiger partial charge in [0, 0.05) is 29.6 Å². The van der Waals surface area contributed by atoms with Crippen LogP contribution in [0.1, 0.15) is 50.5 Å². The Morgan fingerprint density at radius 3 is 2.36 bits per heavy atom. The molecule has 2 aromatic heterocycles. The van der Waals surface area contributed by atoms with Gasteiger partial charge in [-0.3, -0.25) is 14.8 Å². The second kappa shape index (κ2) is 8.56. The predicted molar refractivity (Wildman–Crippen MR) is 101 cm³/mol. The summed E-state index contributed by atoms with van der Waals surface area (Å²) in [5.74, 6) is -0.689. The number of aliphatic carboxylic acids is 1. The van der Waals surface area contributed by atoms with Crippen LogP contribution in [0, 0.1) is 0 Å². The van der Waals surface area contributed by atoms with Gasteiger partial charge < -0.3 is 5.11 Å². The third-order valence-corrected chi connectivity index (χ3v) is 4.63. The summed E-state index contributed by atoms with van der Waals surface area (Å²) in [6, 6.07) is 10.4. The molecular weight excluding hydrogens is 312 g/mol. The number of rotatable bonds is 9. The number of benzene rings is 1. The lowest BCUT2D eigenvalue weighted by Crippen LogP contribution is -1.94. The van der Waals surface area contributed by atoms with Gasteiger partial charge in [0.25, 0.3) is 0 Å². The van der Waals surface area contributed by atoms with Crippen molar-refractivity contribution in [3.8, 4) is 0 Å². The van der Waals surface area contributed by atoms with Crippen LogP contribution in [-0.2, 0) is 11.2 Å². The minimum Gasteiger partial charge on any atom is -0.481 e. The van der Waals surface area contributed by atoms with E-state index in [0.29, 0.717) is 6.42 Å². The summed E-state index contributed by atoms with van der Waals surface area (Å²) in [7, 11) is 0. The first kappa shape index (κ1) is 17.3. The van der Waals surface area contributed by atoms with Crippen LogP contribution in [0.4, 0.5) is 0 Å². The molecule has 4 heteroatoms. The molecule has 1 N–H and O–H groups in total. The fraction of sp³-hybridized carbons (Fsp3) is 0.381. The molecule has 25 heavy (non-hydrogen) atoms. The van der Waals surface area contributed by atoms with Gasteiger partial charge in [0.2, 0.25) is 0 Å². The fourth-order valence-electron chi connectivity index (χ4n) is 3.36. The molecule has 3 aromatic rings. The largest absolute Gasteiger partial charge is 0.481 e. The van der Waals surface area contributed by atoms with Crippen LogP contribution in [0.5, 0.6) is 0 Å². The van der Waals surface area contributed by atoms with Crippen molar-refractivity contribution in [3.05, 3.63) is 48.3 Å². The summed E-state index contributed by atoms with van der Waals surface area (Å²) in [4.78, 5) is 19.5. The predicted octanol–water partition coefficient (Wildman–Crippen LogP) is 5.14. The van der Waals surface area contributed by atoms with Crippen LogP contribution >= 0.6 is 0 Å². The van der Waals surface area contributed by atoms with Gasteiger partial charge in [0.05, 0.1) is 11.0 Å². The molecule has 2 heterocycles. The number of carbonyl (C=O) groups is 1. The zero-order valence-corrected chi connectivity index (χ0v) is 14.4. The van der Waals surface area contributed by atoms with Gasteiger partial charge in [-0.1, -0.05) is 37.8 Å². The van der Waals surface area contributed by atoms with E-state index in [1.807, 2.05) is 24.5 Å². The summed E-state index contributed by atoms with van der Waals surface area (Å²) < 4.78 is 0. The highest BCUT2D eigenvalue weighted by atomic mass is 16.4. The molecular formula is C21H24N2O2. The number of nitrogens with zero attached hydrogens (tertiary/aromatic N) is 2. The van der Waals surface area contributed by atoms with Crippen molar-refractivity contribution in [1.82, 2.24) is 9.97 Å². The van der Waals surface area contributed by atoms with Crippen molar-refractivity contribution >= 4 is 27.8 Å². The van der Waals surface area contributed by atoms with E-state index in [1.54, 1.807) is 0 Å². The van der Waals surface area contributed by atoms with Gasteiger partial charge in [-0.2, -0.15) is 0 Å². The molecule has 130 valence electrons. The number of aromatic nitrogens is 2. The van der Waals surface area contributed by atoms with Crippen LogP contribution in [0.2, 0.25) is 0 Å². The van der Waals surface area contributed by atoms with E-state index < -0.39 is 5.97 Å². The molecule has 1 aromatic carbocycles. The second-order valence-corrected chi connectivity index (χ2v) is 6.53. The maximum Gasteiger partial charge on any atom is 0.303 e. The Morgan fingerprint density at radius 2 is 1.56 bits per heavy atom. The molecule has 0 radical (unpaired) electrons. The molecule has 0 atom stereocenters. The quantitative estimate of drug-likeness (QED) is 0.434. The lowest BCUT2D eigenvalue weighted by Gasteiger charge is -2.09. The average molecular weight is 336 g/mol. The Hall–Kier alpha value is -2.49. The fourth-order valence-corrected chi connectivity index (χ4v) is 3.36. The number of aryl methyl sites for hydroxylation is 1. The van der Waals surface area contributed by atoms with Crippen LogP contribution in [0.3, 0.4) is 0 Å². The van der Waals surface area contributed by atoms with Crippen LogP contribution in [-0.4, -0.2) is 21.0 Å². The van der Waals surface area contributed by atoms with E-state index in [1.165, 1.54) is 23.8 Å². The lowest BCUT2D eigenvalue weighted by molar-refractivity contribution is -0.137. The summed E-state index contributed by atoms with van der Waals surface area (Å²) in [6.45, 7) is 0. The van der Waals surface area contributed by atoms with E-state index in [4.69, 9.17) is 5.11 Å². The number of fused-ring (bicyclic) bond motifs is 3. The number of pyridine rings is 2. The van der Waals surface area contributed by atoms with E-state index >= 15 is 0 Å². The monoisotopic (exact) mass is 336 g/mol. The highest BCUT2D eigenvalue weighted by Crippen LogP contribution is 2.26. The lowest BCUT2D eigenvalue weighted by atomic mass is 9.98. The Kier molecular flexibility index (Phi) is 5.94. The molecule has 0 saturated heterocycles. The topological polar surface area (TPSA) is 63.1 Å². The molecule has 0 amide bonds. The van der Waals surface area contributed by atoms with Gasteiger partial charge >= 0.3 is 5.97 Å². The number of hydrogen-bond acceptors (Lipinski definition) is 3. The molecule has 0 aliphatic heterocycles. The van der Waals surface area contributed by atoms with Crippen LogP contribution in [0.15, 0.2) is 42.7 Å². The van der Waals surface area contributed by atoms with Crippen molar-refractivity contribution in [2.45, 2.75) is 51.4 Å². The Bertz CT molecular complexity index is 861. The zero-order chi connectivity index (χ0) is 17.5. The van der Waals surface area contributed by atoms with Gasteiger partial charge in [0.15, 0.2) is 0 Å². The SMILES string of the molecule is O=C(O)CCCCCCCCc1cc2cccnc2c2ncccc12. The minimum atomic E-state index is -0.689. The maximum atomic E-state index is 10.5. The summed E-state index contributed by atoms with van der Waals surface area (Å²) in [5, 5.41) is 11.0. The van der Waals surface area contributed by atoms with Crippen LogP contribution in [0.25, 0.3) is 21.8 Å². The molecule has 0 bridgehead atoms. The van der Waals surface area contributed by atoms with Crippen molar-refractivity contribution in [2.75, 3.05) is 0 Å². The Labute approximate surface area is 147 Å². The standard InChI is InChI=1S/C21H24N2O2/c24-19(25)12-6-4-2-1-3-5-9-16-15-17-10-7-13-22-20(17)21-18(16)11-8-14-23-21/h7-8,10-11,13-15H,1-6,9,12H2,(H,24,25). The van der Waals surface area contributed by atoms with Crippen molar-refractivity contribution in [2.24, 2.45) is 0 Å². The van der Waals surface area contributed by atoms with E-state index in [-0.39, 0.29) is 0 Å². The Morgan fingerprint density at radius 1 is 0.880 bits per heavy atom. The second-order valence-electron chi connectivity index (χ2n) is 6.53. The molecule has 0 fully saturated rings. The molecule has 0 unspecified atom stereocenters. The van der Waals surface area contributed by atoms with E-state index in [0.717, 1.165) is 48.5 Å². The first-order chi connectivity index (χ1) is 12.3. The Balaban J connectivity index is 1.59. The summed E-state index contributed by atoms with van der Waals surface area (Å²) in [6.07, 6.45) is 11.4. The summed E-state index contributed by atoms with van der Waals surface area (Å²) in [5.41, 5.74) is 3.30. The third kappa shape index (κ3) is 4.53.